The van der Waals surface area contributed by atoms with E-state index in [2.05, 4.69) is 20.8 Å². The zero-order valence-corrected chi connectivity index (χ0v) is 29.9. The van der Waals surface area contributed by atoms with Gasteiger partial charge in [-0.25, -0.2) is 14.4 Å². The fourth-order valence-electron chi connectivity index (χ4n) is 4.41. The lowest BCUT2D eigenvalue weighted by molar-refractivity contribution is -0.149. The number of benzene rings is 4. The van der Waals surface area contributed by atoms with Gasteiger partial charge in [-0.1, -0.05) is 128 Å². The summed E-state index contributed by atoms with van der Waals surface area (Å²) in [5.41, 5.74) is 2.25. The lowest BCUT2D eigenvalue weighted by Crippen LogP contribution is -2.42. The third-order valence-corrected chi connectivity index (χ3v) is 6.91. The number of rotatable bonds is 14. The van der Waals surface area contributed by atoms with E-state index in [0.29, 0.717) is 11.1 Å². The van der Waals surface area contributed by atoms with E-state index in [0.717, 1.165) is 11.1 Å². The molecule has 3 N–H and O–H groups in total. The molecular formula is C39H42ClN4O8-. The van der Waals surface area contributed by atoms with Crippen molar-refractivity contribution in [1.82, 2.24) is 16.0 Å². The Morgan fingerprint density at radius 3 is 1.38 bits per heavy atom. The van der Waals surface area contributed by atoms with Crippen molar-refractivity contribution in [3.05, 3.63) is 148 Å². The zero-order chi connectivity index (χ0) is 37.8. The number of alkyl carbamates (subject to hydrolysis) is 1. The summed E-state index contributed by atoms with van der Waals surface area (Å²) < 4.78 is 15.8. The van der Waals surface area contributed by atoms with Gasteiger partial charge < -0.3 is 35.0 Å². The molecule has 0 heterocycles. The monoisotopic (exact) mass is 729 g/mol. The fourth-order valence-corrected chi connectivity index (χ4v) is 4.52. The van der Waals surface area contributed by atoms with Crippen LogP contribution in [0.3, 0.4) is 0 Å². The molecule has 4 rings (SSSR count). The quantitative estimate of drug-likeness (QED) is 0.102. The van der Waals surface area contributed by atoms with E-state index in [1.807, 2.05) is 72.8 Å². The van der Waals surface area contributed by atoms with Gasteiger partial charge in [-0.05, 0) is 43.0 Å². The second-order valence-corrected chi connectivity index (χ2v) is 12.4. The predicted octanol–water partition coefficient (Wildman–Crippen LogP) is 6.23. The van der Waals surface area contributed by atoms with Gasteiger partial charge in [-0.2, -0.15) is 0 Å². The summed E-state index contributed by atoms with van der Waals surface area (Å²) in [7, 11) is 0. The molecule has 0 fully saturated rings. The summed E-state index contributed by atoms with van der Waals surface area (Å²) in [5, 5.41) is 7.55. The Balaban J connectivity index is 0.000000288. The minimum Gasteiger partial charge on any atom is -0.568 e. The number of nitrogens with zero attached hydrogens (tertiary/aromatic N) is 1. The highest BCUT2D eigenvalue weighted by molar-refractivity contribution is 6.26. The number of carbonyl (C=O) groups excluding carboxylic acids is 5. The number of hydrogen-bond acceptors (Lipinski definition) is 8. The maximum absolute atomic E-state index is 12.6. The summed E-state index contributed by atoms with van der Waals surface area (Å²) >= 11 is 5.19. The number of amides is 3. The average Bonchev–Trinajstić information content (AvgIpc) is 3.14. The van der Waals surface area contributed by atoms with Crippen molar-refractivity contribution in [3.8, 4) is 0 Å². The van der Waals surface area contributed by atoms with Crippen LogP contribution in [0, 0.1) is 0 Å². The van der Waals surface area contributed by atoms with E-state index < -0.39 is 47.5 Å². The van der Waals surface area contributed by atoms with Gasteiger partial charge in [-0.3, -0.25) is 21.4 Å². The largest absolute Gasteiger partial charge is 0.568 e. The van der Waals surface area contributed by atoms with Gasteiger partial charge in [-0.15, -0.1) is 0 Å². The van der Waals surface area contributed by atoms with Crippen LogP contribution >= 0.6 is 11.8 Å². The summed E-state index contributed by atoms with van der Waals surface area (Å²) in [4.78, 5) is 63.9. The first kappa shape index (κ1) is 40.7. The number of nitrogens with one attached hydrogen (secondary N) is 3. The molecule has 274 valence electrons. The molecule has 2 atom stereocenters. The molecule has 0 aliphatic heterocycles. The Bertz CT molecular complexity index is 1710. The molecule has 13 heteroatoms. The highest BCUT2D eigenvalue weighted by atomic mass is 35.5. The zero-order valence-electron chi connectivity index (χ0n) is 29.1. The topological polar surface area (TPSA) is 163 Å². The van der Waals surface area contributed by atoms with Crippen molar-refractivity contribution in [1.29, 1.82) is 0 Å². The van der Waals surface area contributed by atoms with Crippen LogP contribution < -0.4 is 16.0 Å². The summed E-state index contributed by atoms with van der Waals surface area (Å²) in [5.74, 6) is -2.12. The van der Waals surface area contributed by atoms with Gasteiger partial charge in [0.25, 0.3) is 0 Å². The van der Waals surface area contributed by atoms with Crippen LogP contribution in [0.1, 0.15) is 55.1 Å². The Hall–Kier alpha value is -5.72. The van der Waals surface area contributed by atoms with Crippen molar-refractivity contribution in [2.45, 2.75) is 51.7 Å². The first-order chi connectivity index (χ1) is 24.9. The molecular weight excluding hydrogens is 688 g/mol. The van der Waals surface area contributed by atoms with Crippen molar-refractivity contribution < 1.29 is 38.2 Å². The van der Waals surface area contributed by atoms with Gasteiger partial charge in [0.05, 0.1) is 0 Å². The molecule has 52 heavy (non-hydrogen) atoms. The highest BCUT2D eigenvalue weighted by Gasteiger charge is 2.26. The normalized spacial score (nSPS) is 11.7. The van der Waals surface area contributed by atoms with Crippen LogP contribution in [-0.2, 0) is 46.6 Å². The lowest BCUT2D eigenvalue weighted by atomic mass is 10.1. The molecule has 0 aliphatic rings. The Kier molecular flexibility index (Phi) is 16.8. The fraction of sp³-hybridized carbons (Fsp3) is 0.256. The van der Waals surface area contributed by atoms with Gasteiger partial charge in [0.1, 0.15) is 25.4 Å². The van der Waals surface area contributed by atoms with Crippen LogP contribution in [0.2, 0.25) is 0 Å². The molecule has 0 aromatic heterocycles. The van der Waals surface area contributed by atoms with Crippen LogP contribution in [0.25, 0.3) is 4.84 Å². The van der Waals surface area contributed by atoms with Crippen LogP contribution in [0.5, 0.6) is 0 Å². The van der Waals surface area contributed by atoms with E-state index in [4.69, 9.17) is 26.0 Å². The standard InChI is InChI=1S/C22H26N2O5.C17H16ClN2O3/c1-22(2,3)29-21(27)23-14-18(25)24-19(17-12-8-5-9-13-17)20(26)28-15-16-10-6-4-7-11-16;18-19-11-15(21)20-16(14-9-5-2-6-10-14)17(22)23-12-13-7-3-1-4-8-13/h4-13,19H,14-15H2,1-3H3,(H,23,27)(H,24,25);1-10,16H,11-12H2,(H,20,21)/q;-1/t19-;16-/m00/s1. The lowest BCUT2D eigenvalue weighted by Gasteiger charge is -2.20. The number of halogens is 1. The third kappa shape index (κ3) is 15.4. The molecule has 0 unspecified atom stereocenters. The van der Waals surface area contributed by atoms with Gasteiger partial charge >= 0.3 is 18.0 Å². The summed E-state index contributed by atoms with van der Waals surface area (Å²) in [6, 6.07) is 34.3. The maximum atomic E-state index is 12.6. The van der Waals surface area contributed by atoms with Crippen LogP contribution in [0.4, 0.5) is 4.79 Å². The molecule has 4 aromatic carbocycles. The second kappa shape index (κ2) is 21.5. The van der Waals surface area contributed by atoms with Gasteiger partial charge in [0, 0.05) is 0 Å². The molecule has 0 radical (unpaired) electrons. The number of esters is 2. The SMILES string of the molecule is CC(C)(C)OC(=O)NCC(=O)N[C@H](C(=O)OCc1ccccc1)c1ccccc1.O=C(C[N-]Cl)N[C@H](C(=O)OCc1ccccc1)c1ccccc1. The molecule has 0 saturated carbocycles. The smallest absolute Gasteiger partial charge is 0.408 e. The van der Waals surface area contributed by atoms with E-state index >= 15 is 0 Å². The first-order valence-corrected chi connectivity index (χ1v) is 16.6. The Labute approximate surface area is 308 Å². The van der Waals surface area contributed by atoms with E-state index in [1.165, 1.54) is 0 Å². The van der Waals surface area contributed by atoms with E-state index in [9.17, 15) is 24.0 Å². The van der Waals surface area contributed by atoms with Crippen molar-refractivity contribution >= 4 is 41.6 Å². The third-order valence-electron chi connectivity index (χ3n) is 6.79. The maximum Gasteiger partial charge on any atom is 0.408 e. The van der Waals surface area contributed by atoms with E-state index in [-0.39, 0.29) is 26.3 Å². The van der Waals surface area contributed by atoms with E-state index in [1.54, 1.807) is 69.3 Å². The predicted molar refractivity (Wildman–Crippen MR) is 195 cm³/mol. The molecule has 0 bridgehead atoms. The average molecular weight is 730 g/mol. The van der Waals surface area contributed by atoms with Gasteiger partial charge in [0.2, 0.25) is 11.8 Å². The summed E-state index contributed by atoms with van der Waals surface area (Å²) in [6.45, 7) is 4.84. The van der Waals surface area contributed by atoms with Crippen LogP contribution in [0.15, 0.2) is 121 Å². The highest BCUT2D eigenvalue weighted by Crippen LogP contribution is 2.17. The van der Waals surface area contributed by atoms with Crippen molar-refractivity contribution in [3.63, 3.8) is 0 Å². The number of ether oxygens (including phenoxy) is 3. The molecule has 0 saturated heterocycles. The second-order valence-electron chi connectivity index (χ2n) is 12.1. The number of hydrogen-bond donors (Lipinski definition) is 3. The molecule has 3 amide bonds. The Morgan fingerprint density at radius 1 is 0.615 bits per heavy atom. The minimum absolute atomic E-state index is 0.0923. The first-order valence-electron chi connectivity index (χ1n) is 16.3. The van der Waals surface area contributed by atoms with Crippen molar-refractivity contribution in [2.24, 2.45) is 0 Å². The number of carbonyl (C=O) groups is 5. The van der Waals surface area contributed by atoms with Crippen LogP contribution in [-0.4, -0.2) is 48.5 Å². The van der Waals surface area contributed by atoms with Gasteiger partial charge in [0.15, 0.2) is 12.1 Å². The molecule has 12 nitrogen and oxygen atoms in total. The summed E-state index contributed by atoms with van der Waals surface area (Å²) in [6.07, 6.45) is -0.712. The minimum atomic E-state index is -0.993. The molecule has 0 aliphatic carbocycles. The van der Waals surface area contributed by atoms with Crippen molar-refractivity contribution in [2.75, 3.05) is 13.1 Å². The Morgan fingerprint density at radius 2 is 1.00 bits per heavy atom. The molecule has 4 aromatic rings. The molecule has 0 spiro atoms.